The number of pyridine rings is 1. The average Bonchev–Trinajstić information content (AvgIpc) is 2.81. The van der Waals surface area contributed by atoms with Crippen molar-refractivity contribution in [3.05, 3.63) is 36.2 Å². The molecule has 0 aliphatic heterocycles. The summed E-state index contributed by atoms with van der Waals surface area (Å²) in [5.41, 5.74) is 2.67. The molecular weight excluding hydrogens is 210 g/mol. The maximum Gasteiger partial charge on any atom is 0.260 e. The van der Waals surface area contributed by atoms with Crippen LogP contribution in [-0.4, -0.2) is 16.0 Å². The van der Waals surface area contributed by atoms with Gasteiger partial charge in [0.05, 0.1) is 5.56 Å². The standard InChI is InChI=1S/C9H9N5O2/c10-13-8-6(2-1-4-11-8)9(15)12-7-3-5-16-14-7/h1-5H,10H2,(H,11,13)(H,12,14,15). The predicted octanol–water partition coefficient (Wildman–Crippen LogP) is 0.607. The number of nitrogens with one attached hydrogen (secondary N) is 2. The Bertz CT molecular complexity index is 482. The van der Waals surface area contributed by atoms with Gasteiger partial charge in [-0.2, -0.15) is 0 Å². The predicted molar refractivity (Wildman–Crippen MR) is 56.5 cm³/mol. The Morgan fingerprint density at radius 3 is 3.00 bits per heavy atom. The Hall–Kier alpha value is -2.41. The van der Waals surface area contributed by atoms with Crippen LogP contribution in [0.25, 0.3) is 0 Å². The Morgan fingerprint density at radius 2 is 2.31 bits per heavy atom. The van der Waals surface area contributed by atoms with Crippen molar-refractivity contribution in [2.75, 3.05) is 10.7 Å². The summed E-state index contributed by atoms with van der Waals surface area (Å²) in [7, 11) is 0. The minimum Gasteiger partial charge on any atom is -0.363 e. The highest BCUT2D eigenvalue weighted by Gasteiger charge is 2.12. The van der Waals surface area contributed by atoms with E-state index >= 15 is 0 Å². The van der Waals surface area contributed by atoms with Crippen molar-refractivity contribution in [1.82, 2.24) is 10.1 Å². The van der Waals surface area contributed by atoms with Gasteiger partial charge >= 0.3 is 0 Å². The van der Waals surface area contributed by atoms with E-state index in [0.29, 0.717) is 17.2 Å². The molecule has 0 saturated heterocycles. The van der Waals surface area contributed by atoms with Crippen molar-refractivity contribution >= 4 is 17.5 Å². The minimum atomic E-state index is -0.366. The number of carbonyl (C=O) groups excluding carboxylic acids is 1. The van der Waals surface area contributed by atoms with E-state index < -0.39 is 0 Å². The molecule has 2 heterocycles. The van der Waals surface area contributed by atoms with Crippen molar-refractivity contribution in [1.29, 1.82) is 0 Å². The van der Waals surface area contributed by atoms with Gasteiger partial charge in [-0.05, 0) is 12.1 Å². The second-order valence-electron chi connectivity index (χ2n) is 2.88. The highest BCUT2D eigenvalue weighted by atomic mass is 16.5. The first kappa shape index (κ1) is 10.1. The summed E-state index contributed by atoms with van der Waals surface area (Å²) < 4.78 is 4.59. The number of nitrogen functional groups attached to an aromatic ring is 1. The van der Waals surface area contributed by atoms with Crippen LogP contribution in [0.1, 0.15) is 10.4 Å². The quantitative estimate of drug-likeness (QED) is 0.515. The van der Waals surface area contributed by atoms with E-state index in [9.17, 15) is 4.79 Å². The van der Waals surface area contributed by atoms with E-state index in [1.165, 1.54) is 18.5 Å². The molecular formula is C9H9N5O2. The molecule has 82 valence electrons. The maximum absolute atomic E-state index is 11.8. The Balaban J connectivity index is 2.21. The number of rotatable bonds is 3. The van der Waals surface area contributed by atoms with Gasteiger partial charge in [0.2, 0.25) is 0 Å². The molecule has 2 aromatic heterocycles. The molecule has 0 radical (unpaired) electrons. The van der Waals surface area contributed by atoms with Crippen molar-refractivity contribution in [2.24, 2.45) is 5.84 Å². The first-order valence-corrected chi connectivity index (χ1v) is 4.44. The first-order valence-electron chi connectivity index (χ1n) is 4.44. The molecule has 0 saturated carbocycles. The minimum absolute atomic E-state index is 0.295. The van der Waals surface area contributed by atoms with Gasteiger partial charge in [0.1, 0.15) is 6.26 Å². The number of nitrogens with two attached hydrogens (primary N) is 1. The normalized spacial score (nSPS) is 9.81. The molecule has 4 N–H and O–H groups in total. The summed E-state index contributed by atoms with van der Waals surface area (Å²) in [5, 5.41) is 6.09. The summed E-state index contributed by atoms with van der Waals surface area (Å²) in [4.78, 5) is 15.7. The third kappa shape index (κ3) is 1.98. The second kappa shape index (κ2) is 4.41. The average molecular weight is 219 g/mol. The van der Waals surface area contributed by atoms with Crippen molar-refractivity contribution in [3.8, 4) is 0 Å². The Kier molecular flexibility index (Phi) is 2.79. The second-order valence-corrected chi connectivity index (χ2v) is 2.88. The van der Waals surface area contributed by atoms with Gasteiger partial charge in [-0.3, -0.25) is 4.79 Å². The summed E-state index contributed by atoms with van der Waals surface area (Å²) in [5.74, 6) is 5.49. The van der Waals surface area contributed by atoms with Crippen LogP contribution >= 0.6 is 0 Å². The van der Waals surface area contributed by atoms with Crippen molar-refractivity contribution in [2.45, 2.75) is 0 Å². The summed E-state index contributed by atoms with van der Waals surface area (Å²) in [6.45, 7) is 0. The molecule has 2 rings (SSSR count). The topological polar surface area (TPSA) is 106 Å². The number of carbonyl (C=O) groups is 1. The zero-order chi connectivity index (χ0) is 11.4. The molecule has 0 fully saturated rings. The van der Waals surface area contributed by atoms with Crippen LogP contribution in [0.4, 0.5) is 11.6 Å². The fourth-order valence-corrected chi connectivity index (χ4v) is 1.16. The van der Waals surface area contributed by atoms with Gasteiger partial charge < -0.3 is 15.3 Å². The molecule has 0 aromatic carbocycles. The lowest BCUT2D eigenvalue weighted by molar-refractivity contribution is 0.102. The van der Waals surface area contributed by atoms with Crippen LogP contribution in [-0.2, 0) is 0 Å². The van der Waals surface area contributed by atoms with E-state index in [1.54, 1.807) is 12.1 Å². The van der Waals surface area contributed by atoms with Gasteiger partial charge in [0.15, 0.2) is 11.6 Å². The molecule has 7 nitrogen and oxygen atoms in total. The number of hydrazine groups is 1. The fraction of sp³-hybridized carbons (Fsp3) is 0. The number of anilines is 2. The highest BCUT2D eigenvalue weighted by Crippen LogP contribution is 2.12. The Labute approximate surface area is 90.6 Å². The highest BCUT2D eigenvalue weighted by molar-refractivity contribution is 6.06. The van der Waals surface area contributed by atoms with Gasteiger partial charge in [-0.1, -0.05) is 5.16 Å². The van der Waals surface area contributed by atoms with Gasteiger partial charge in [0.25, 0.3) is 5.91 Å². The van der Waals surface area contributed by atoms with Crippen LogP contribution in [0.15, 0.2) is 35.2 Å². The maximum atomic E-state index is 11.8. The molecule has 0 aliphatic rings. The molecule has 0 spiro atoms. The molecule has 1 amide bonds. The van der Waals surface area contributed by atoms with Gasteiger partial charge in [0, 0.05) is 12.3 Å². The lowest BCUT2D eigenvalue weighted by atomic mass is 10.2. The molecule has 0 unspecified atom stereocenters. The lowest BCUT2D eigenvalue weighted by Crippen LogP contribution is -2.18. The van der Waals surface area contributed by atoms with Crippen molar-refractivity contribution in [3.63, 3.8) is 0 Å². The monoisotopic (exact) mass is 219 g/mol. The number of hydrogen-bond donors (Lipinski definition) is 3. The third-order valence-electron chi connectivity index (χ3n) is 1.87. The molecule has 2 aromatic rings. The number of amides is 1. The first-order chi connectivity index (χ1) is 7.81. The van der Waals surface area contributed by atoms with E-state index in [0.717, 1.165) is 0 Å². The molecule has 0 bridgehead atoms. The van der Waals surface area contributed by atoms with E-state index in [1.807, 2.05) is 0 Å². The molecule has 16 heavy (non-hydrogen) atoms. The summed E-state index contributed by atoms with van der Waals surface area (Å²) in [6.07, 6.45) is 2.89. The van der Waals surface area contributed by atoms with Crippen LogP contribution < -0.4 is 16.6 Å². The fourth-order valence-electron chi connectivity index (χ4n) is 1.16. The zero-order valence-electron chi connectivity index (χ0n) is 8.18. The lowest BCUT2D eigenvalue weighted by Gasteiger charge is -2.05. The van der Waals surface area contributed by atoms with Crippen LogP contribution in [0.2, 0.25) is 0 Å². The third-order valence-corrected chi connectivity index (χ3v) is 1.87. The summed E-state index contributed by atoms with van der Waals surface area (Å²) >= 11 is 0. The van der Waals surface area contributed by atoms with E-state index in [4.69, 9.17) is 5.84 Å². The van der Waals surface area contributed by atoms with Crippen LogP contribution in [0, 0.1) is 0 Å². The zero-order valence-corrected chi connectivity index (χ0v) is 8.18. The van der Waals surface area contributed by atoms with E-state index in [2.05, 4.69) is 25.4 Å². The number of nitrogens with zero attached hydrogens (tertiary/aromatic N) is 2. The van der Waals surface area contributed by atoms with Gasteiger partial charge in [-0.15, -0.1) is 0 Å². The van der Waals surface area contributed by atoms with Crippen LogP contribution in [0.3, 0.4) is 0 Å². The van der Waals surface area contributed by atoms with E-state index in [-0.39, 0.29) is 5.91 Å². The number of aromatic nitrogens is 2. The summed E-state index contributed by atoms with van der Waals surface area (Å²) in [6, 6.07) is 4.76. The SMILES string of the molecule is NNc1ncccc1C(=O)Nc1ccon1. The molecule has 0 atom stereocenters. The Morgan fingerprint density at radius 1 is 1.44 bits per heavy atom. The van der Waals surface area contributed by atoms with Crippen molar-refractivity contribution < 1.29 is 9.32 Å². The van der Waals surface area contributed by atoms with Gasteiger partial charge in [-0.25, -0.2) is 10.8 Å². The van der Waals surface area contributed by atoms with Crippen LogP contribution in [0.5, 0.6) is 0 Å². The number of hydrogen-bond acceptors (Lipinski definition) is 6. The molecule has 7 heteroatoms. The smallest absolute Gasteiger partial charge is 0.260 e. The molecule has 0 aliphatic carbocycles. The largest absolute Gasteiger partial charge is 0.363 e.